The molecule has 1 rings (SSSR count). The number of ether oxygens (including phenoxy) is 1. The number of rotatable bonds is 12. The lowest BCUT2D eigenvalue weighted by atomic mass is 10.1. The van der Waals surface area contributed by atoms with Gasteiger partial charge in [0.2, 0.25) is 0 Å². The van der Waals surface area contributed by atoms with Gasteiger partial charge in [0.25, 0.3) is 0 Å². The van der Waals surface area contributed by atoms with Gasteiger partial charge in [-0.1, -0.05) is 19.6 Å². The summed E-state index contributed by atoms with van der Waals surface area (Å²) in [7, 11) is -3.46. The average Bonchev–Trinajstić information content (AvgIpc) is 2.68. The lowest BCUT2D eigenvalue weighted by Crippen LogP contribution is -2.59. The molecule has 7 nitrogen and oxygen atoms in total. The summed E-state index contributed by atoms with van der Waals surface area (Å²) < 4.78 is 15.4. The van der Waals surface area contributed by atoms with Gasteiger partial charge in [-0.3, -0.25) is 4.79 Å². The summed E-state index contributed by atoms with van der Waals surface area (Å²) in [6, 6.07) is 5.05. The van der Waals surface area contributed by atoms with E-state index >= 15 is 0 Å². The van der Waals surface area contributed by atoms with Gasteiger partial charge in [0.1, 0.15) is 20.6 Å². The predicted octanol–water partition coefficient (Wildman–Crippen LogP) is 6.30. The van der Waals surface area contributed by atoms with Crippen LogP contribution in [-0.4, -0.2) is 75.7 Å². The Bertz CT molecular complexity index is 840. The van der Waals surface area contributed by atoms with Crippen molar-refractivity contribution in [3.05, 3.63) is 23.8 Å². The number of nitrogens with one attached hydrogen (secondary N) is 1. The molecule has 0 saturated carbocycles. The first-order chi connectivity index (χ1) is 15.9. The normalized spacial score (nSPS) is 13.5. The molecule has 0 aliphatic heterocycles. The number of hydrogen-bond donors (Lipinski definition) is 1. The highest BCUT2D eigenvalue weighted by atomic mass is 28.4. The molecule has 0 radical (unpaired) electrons. The van der Waals surface area contributed by atoms with Crippen LogP contribution in [0, 0.1) is 0 Å². The molecule has 0 bridgehead atoms. The first-order valence-electron chi connectivity index (χ1n) is 12.7. The summed E-state index contributed by atoms with van der Waals surface area (Å²) in [6.07, 6.45) is -0.116. The SMILES string of the molecule is CCN(CC)C(=O)Nc1ccc(OCC(CN(C(C)(C)C)[Si](C)(C)C)O[Si](C)(C)C)c(C(C)=O)c1. The number of hydrogen-bond acceptors (Lipinski definition) is 5. The van der Waals surface area contributed by atoms with Crippen molar-refractivity contribution in [2.75, 3.05) is 31.6 Å². The zero-order chi connectivity index (χ0) is 27.2. The molecule has 2 amide bonds. The molecule has 9 heteroatoms. The topological polar surface area (TPSA) is 71.1 Å². The van der Waals surface area contributed by atoms with Crippen molar-refractivity contribution in [1.29, 1.82) is 0 Å². The number of urea groups is 1. The maximum absolute atomic E-state index is 12.4. The van der Waals surface area contributed by atoms with E-state index in [-0.39, 0.29) is 23.5 Å². The summed E-state index contributed by atoms with van der Waals surface area (Å²) in [4.78, 5) is 26.6. The van der Waals surface area contributed by atoms with E-state index in [1.165, 1.54) is 6.92 Å². The first-order valence-corrected chi connectivity index (χ1v) is 19.5. The van der Waals surface area contributed by atoms with Crippen molar-refractivity contribution in [2.45, 2.75) is 92.5 Å². The monoisotopic (exact) mass is 523 g/mol. The third-order valence-corrected chi connectivity index (χ3v) is 9.12. The average molecular weight is 524 g/mol. The molecule has 0 aromatic heterocycles. The van der Waals surface area contributed by atoms with Crippen molar-refractivity contribution < 1.29 is 18.8 Å². The Morgan fingerprint density at radius 2 is 1.60 bits per heavy atom. The number of ketones is 1. The Kier molecular flexibility index (Phi) is 11.2. The van der Waals surface area contributed by atoms with Gasteiger partial charge < -0.3 is 23.9 Å². The summed E-state index contributed by atoms with van der Waals surface area (Å²) in [5, 5.41) is 2.88. The number of amides is 2. The molecule has 200 valence electrons. The Balaban J connectivity index is 3.15. The van der Waals surface area contributed by atoms with Crippen LogP contribution in [0.2, 0.25) is 39.3 Å². The minimum Gasteiger partial charge on any atom is -0.490 e. The summed E-state index contributed by atoms with van der Waals surface area (Å²) in [5.74, 6) is 0.401. The fourth-order valence-electron chi connectivity index (χ4n) is 4.29. The zero-order valence-corrected chi connectivity index (χ0v) is 26.2. The van der Waals surface area contributed by atoms with Crippen LogP contribution in [0.15, 0.2) is 18.2 Å². The van der Waals surface area contributed by atoms with Gasteiger partial charge in [-0.2, -0.15) is 0 Å². The van der Waals surface area contributed by atoms with Gasteiger partial charge in [0.05, 0.1) is 11.7 Å². The van der Waals surface area contributed by atoms with E-state index in [0.29, 0.717) is 36.7 Å². The van der Waals surface area contributed by atoms with Crippen LogP contribution in [0.3, 0.4) is 0 Å². The van der Waals surface area contributed by atoms with E-state index in [0.717, 1.165) is 6.54 Å². The summed E-state index contributed by atoms with van der Waals surface area (Å²) in [5.41, 5.74) is 1.04. The highest BCUT2D eigenvalue weighted by Gasteiger charge is 2.36. The third-order valence-electron chi connectivity index (χ3n) is 5.61. The van der Waals surface area contributed by atoms with Crippen molar-refractivity contribution in [3.63, 3.8) is 0 Å². The molecule has 0 aliphatic rings. The molecule has 1 aromatic rings. The number of carbonyl (C=O) groups excluding carboxylic acids is 2. The highest BCUT2D eigenvalue weighted by molar-refractivity contribution is 6.73. The molecule has 0 fully saturated rings. The number of Topliss-reactive ketones (excluding diaryl/α,β-unsaturated/α-hetero) is 1. The fraction of sp³-hybridized carbons (Fsp3) is 0.692. The molecule has 1 unspecified atom stereocenters. The number of carbonyl (C=O) groups is 2. The maximum atomic E-state index is 12.4. The standard InChI is InChI=1S/C26H49N3O4Si2/c1-13-28(14-2)25(31)27-21-15-16-24(23(17-21)20(3)30)32-19-22(33-35(10,11)12)18-29(26(4,5)6)34(7,8)9/h15-17,22H,13-14,18-19H2,1-12H3,(H,27,31). The molecule has 1 N–H and O–H groups in total. The number of anilines is 1. The lowest BCUT2D eigenvalue weighted by Gasteiger charge is -2.46. The molecule has 1 aromatic carbocycles. The molecule has 0 saturated heterocycles. The predicted molar refractivity (Wildman–Crippen MR) is 152 cm³/mol. The van der Waals surface area contributed by atoms with Crippen LogP contribution in [0.5, 0.6) is 5.75 Å². The maximum Gasteiger partial charge on any atom is 0.321 e. The Labute approximate surface area is 215 Å². The van der Waals surface area contributed by atoms with Crippen LogP contribution in [0.4, 0.5) is 10.5 Å². The number of nitrogens with zero attached hydrogens (tertiary/aromatic N) is 2. The van der Waals surface area contributed by atoms with E-state index in [4.69, 9.17) is 9.16 Å². The highest BCUT2D eigenvalue weighted by Crippen LogP contribution is 2.27. The quantitative estimate of drug-likeness (QED) is 0.257. The van der Waals surface area contributed by atoms with Crippen LogP contribution in [0.25, 0.3) is 0 Å². The first kappa shape index (κ1) is 31.3. The van der Waals surface area contributed by atoms with E-state index in [1.54, 1.807) is 23.1 Å². The fourth-order valence-corrected chi connectivity index (χ4v) is 8.19. The van der Waals surface area contributed by atoms with Gasteiger partial charge in [-0.25, -0.2) is 4.79 Å². The minimum atomic E-state index is -1.83. The Hall–Kier alpha value is -1.69. The van der Waals surface area contributed by atoms with Crippen LogP contribution in [-0.2, 0) is 4.43 Å². The molecule has 0 aliphatic carbocycles. The molecule has 35 heavy (non-hydrogen) atoms. The van der Waals surface area contributed by atoms with Gasteiger partial charge in [-0.05, 0) is 79.4 Å². The second kappa shape index (κ2) is 12.5. The van der Waals surface area contributed by atoms with E-state index in [2.05, 4.69) is 69.9 Å². The molecular formula is C26H49N3O4Si2. The molecule has 1 atom stereocenters. The van der Waals surface area contributed by atoms with Gasteiger partial charge >= 0.3 is 6.03 Å². The third kappa shape index (κ3) is 10.4. The van der Waals surface area contributed by atoms with Crippen LogP contribution in [0.1, 0.15) is 51.9 Å². The minimum absolute atomic E-state index is 0.0147. The van der Waals surface area contributed by atoms with Crippen LogP contribution < -0.4 is 10.1 Å². The summed E-state index contributed by atoms with van der Waals surface area (Å²) >= 11 is 0. The van der Waals surface area contributed by atoms with Gasteiger partial charge in [-0.15, -0.1) is 0 Å². The van der Waals surface area contributed by atoms with Gasteiger partial charge in [0.15, 0.2) is 14.1 Å². The molecular weight excluding hydrogens is 474 g/mol. The second-order valence-electron chi connectivity index (χ2n) is 12.0. The Morgan fingerprint density at radius 1 is 1.03 bits per heavy atom. The second-order valence-corrected chi connectivity index (χ2v) is 21.3. The Morgan fingerprint density at radius 3 is 2.03 bits per heavy atom. The van der Waals surface area contributed by atoms with E-state index < -0.39 is 16.6 Å². The van der Waals surface area contributed by atoms with E-state index in [1.807, 2.05) is 13.8 Å². The van der Waals surface area contributed by atoms with Crippen molar-refractivity contribution in [2.24, 2.45) is 0 Å². The summed E-state index contributed by atoms with van der Waals surface area (Å²) in [6.45, 7) is 28.1. The van der Waals surface area contributed by atoms with Gasteiger partial charge in [0, 0.05) is 30.9 Å². The molecule has 0 heterocycles. The lowest BCUT2D eigenvalue weighted by molar-refractivity contribution is 0.0788. The van der Waals surface area contributed by atoms with Crippen molar-refractivity contribution in [3.8, 4) is 5.75 Å². The van der Waals surface area contributed by atoms with Crippen molar-refractivity contribution in [1.82, 2.24) is 9.47 Å². The smallest absolute Gasteiger partial charge is 0.321 e. The number of benzene rings is 1. The zero-order valence-electron chi connectivity index (χ0n) is 24.2. The largest absolute Gasteiger partial charge is 0.490 e. The molecule has 0 spiro atoms. The van der Waals surface area contributed by atoms with E-state index in [9.17, 15) is 9.59 Å². The van der Waals surface area contributed by atoms with Crippen LogP contribution >= 0.6 is 0 Å². The van der Waals surface area contributed by atoms with Crippen molar-refractivity contribution >= 4 is 34.1 Å².